The third-order valence-electron chi connectivity index (χ3n) is 3.40. The van der Waals surface area contributed by atoms with Crippen LogP contribution in [0.25, 0.3) is 0 Å². The SMILES string of the molecule is CC(C)N(CCNC(=O)Nc1cccc(CN)c1)C(C)C. The van der Waals surface area contributed by atoms with Crippen molar-refractivity contribution in [2.24, 2.45) is 5.73 Å². The van der Waals surface area contributed by atoms with Gasteiger partial charge >= 0.3 is 6.03 Å². The molecule has 0 aliphatic rings. The number of anilines is 1. The minimum absolute atomic E-state index is 0.184. The molecular formula is C16H28N4O. The molecule has 2 amide bonds. The number of amides is 2. The number of hydrogen-bond acceptors (Lipinski definition) is 3. The summed E-state index contributed by atoms with van der Waals surface area (Å²) >= 11 is 0. The van der Waals surface area contributed by atoms with Gasteiger partial charge < -0.3 is 16.4 Å². The molecule has 0 saturated carbocycles. The predicted octanol–water partition coefficient (Wildman–Crippen LogP) is 2.39. The number of rotatable bonds is 7. The van der Waals surface area contributed by atoms with E-state index in [1.165, 1.54) is 0 Å². The molecule has 0 aromatic heterocycles. The average Bonchev–Trinajstić information content (AvgIpc) is 2.42. The van der Waals surface area contributed by atoms with Crippen molar-refractivity contribution < 1.29 is 4.79 Å². The van der Waals surface area contributed by atoms with E-state index in [0.29, 0.717) is 25.2 Å². The van der Waals surface area contributed by atoms with E-state index < -0.39 is 0 Å². The maximum absolute atomic E-state index is 11.9. The smallest absolute Gasteiger partial charge is 0.319 e. The van der Waals surface area contributed by atoms with Crippen molar-refractivity contribution in [3.63, 3.8) is 0 Å². The molecule has 0 bridgehead atoms. The highest BCUT2D eigenvalue weighted by Crippen LogP contribution is 2.09. The molecule has 21 heavy (non-hydrogen) atoms. The molecule has 0 radical (unpaired) electrons. The normalized spacial score (nSPS) is 11.2. The van der Waals surface area contributed by atoms with Crippen LogP contribution >= 0.6 is 0 Å². The summed E-state index contributed by atoms with van der Waals surface area (Å²) in [5.41, 5.74) is 7.35. The second-order valence-electron chi connectivity index (χ2n) is 5.71. The number of nitrogens with one attached hydrogen (secondary N) is 2. The van der Waals surface area contributed by atoms with Gasteiger partial charge in [0.15, 0.2) is 0 Å². The molecule has 0 saturated heterocycles. The summed E-state index contributed by atoms with van der Waals surface area (Å²) in [6.07, 6.45) is 0. The van der Waals surface area contributed by atoms with Crippen LogP contribution in [0.1, 0.15) is 33.3 Å². The van der Waals surface area contributed by atoms with Crippen LogP contribution in [0.5, 0.6) is 0 Å². The van der Waals surface area contributed by atoms with Crippen LogP contribution in [0.2, 0.25) is 0 Å². The summed E-state index contributed by atoms with van der Waals surface area (Å²) < 4.78 is 0. The van der Waals surface area contributed by atoms with E-state index in [9.17, 15) is 4.79 Å². The topological polar surface area (TPSA) is 70.4 Å². The minimum Gasteiger partial charge on any atom is -0.337 e. The Labute approximate surface area is 127 Å². The number of carbonyl (C=O) groups excluding carboxylic acids is 1. The van der Waals surface area contributed by atoms with Crippen molar-refractivity contribution in [3.05, 3.63) is 29.8 Å². The first-order valence-electron chi connectivity index (χ1n) is 7.53. The van der Waals surface area contributed by atoms with Crippen LogP contribution in [0.15, 0.2) is 24.3 Å². The highest BCUT2D eigenvalue weighted by atomic mass is 16.2. The Kier molecular flexibility index (Phi) is 7.19. The molecule has 0 unspecified atom stereocenters. The summed E-state index contributed by atoms with van der Waals surface area (Å²) in [4.78, 5) is 14.2. The Balaban J connectivity index is 2.40. The quantitative estimate of drug-likeness (QED) is 0.722. The highest BCUT2D eigenvalue weighted by molar-refractivity contribution is 5.89. The van der Waals surface area contributed by atoms with E-state index in [-0.39, 0.29) is 6.03 Å². The molecule has 1 aromatic rings. The summed E-state index contributed by atoms with van der Waals surface area (Å²) in [5, 5.41) is 5.71. The first kappa shape index (κ1) is 17.5. The van der Waals surface area contributed by atoms with E-state index in [1.807, 2.05) is 24.3 Å². The fourth-order valence-corrected chi connectivity index (χ4v) is 2.36. The van der Waals surface area contributed by atoms with E-state index in [4.69, 9.17) is 5.73 Å². The zero-order chi connectivity index (χ0) is 15.8. The summed E-state index contributed by atoms with van der Waals surface area (Å²) in [7, 11) is 0. The summed E-state index contributed by atoms with van der Waals surface area (Å²) in [6.45, 7) is 10.6. The van der Waals surface area contributed by atoms with E-state index in [0.717, 1.165) is 17.8 Å². The van der Waals surface area contributed by atoms with Crippen LogP contribution in [-0.4, -0.2) is 36.1 Å². The fourth-order valence-electron chi connectivity index (χ4n) is 2.36. The highest BCUT2D eigenvalue weighted by Gasteiger charge is 2.13. The lowest BCUT2D eigenvalue weighted by Gasteiger charge is -2.30. The third-order valence-corrected chi connectivity index (χ3v) is 3.40. The molecule has 0 aliphatic carbocycles. The fraction of sp³-hybridized carbons (Fsp3) is 0.562. The van der Waals surface area contributed by atoms with Crippen LogP contribution in [-0.2, 0) is 6.54 Å². The van der Waals surface area contributed by atoms with Crippen LogP contribution in [0.4, 0.5) is 10.5 Å². The van der Waals surface area contributed by atoms with Gasteiger partial charge in [0.05, 0.1) is 0 Å². The largest absolute Gasteiger partial charge is 0.337 e. The molecule has 118 valence electrons. The maximum atomic E-state index is 11.9. The zero-order valence-electron chi connectivity index (χ0n) is 13.5. The molecule has 1 rings (SSSR count). The monoisotopic (exact) mass is 292 g/mol. The lowest BCUT2D eigenvalue weighted by molar-refractivity contribution is 0.176. The standard InChI is InChI=1S/C16H28N4O/c1-12(2)20(13(3)4)9-8-18-16(21)19-15-7-5-6-14(10-15)11-17/h5-7,10,12-13H,8-9,11,17H2,1-4H3,(H2,18,19,21). The van der Waals surface area contributed by atoms with Crippen molar-refractivity contribution in [2.75, 3.05) is 18.4 Å². The number of nitrogens with two attached hydrogens (primary N) is 1. The molecule has 1 aromatic carbocycles. The van der Waals surface area contributed by atoms with Gasteiger partial charge in [0, 0.05) is 37.4 Å². The van der Waals surface area contributed by atoms with Gasteiger partial charge in [-0.25, -0.2) is 4.79 Å². The van der Waals surface area contributed by atoms with Crippen LogP contribution in [0.3, 0.4) is 0 Å². The lowest BCUT2D eigenvalue weighted by atomic mass is 10.2. The Hall–Kier alpha value is -1.59. The van der Waals surface area contributed by atoms with Crippen molar-refractivity contribution in [1.29, 1.82) is 0 Å². The van der Waals surface area contributed by atoms with Crippen LogP contribution < -0.4 is 16.4 Å². The Morgan fingerprint density at radius 1 is 1.24 bits per heavy atom. The van der Waals surface area contributed by atoms with Crippen molar-refractivity contribution in [2.45, 2.75) is 46.3 Å². The Bertz CT molecular complexity index is 438. The lowest BCUT2D eigenvalue weighted by Crippen LogP contribution is -2.43. The molecule has 0 aliphatic heterocycles. The predicted molar refractivity (Wildman–Crippen MR) is 88.3 cm³/mol. The second-order valence-corrected chi connectivity index (χ2v) is 5.71. The van der Waals surface area contributed by atoms with Gasteiger partial charge in [0.2, 0.25) is 0 Å². The number of nitrogens with zero attached hydrogens (tertiary/aromatic N) is 1. The van der Waals surface area contributed by atoms with Gasteiger partial charge in [0.25, 0.3) is 0 Å². The molecule has 0 fully saturated rings. The second kappa shape index (κ2) is 8.64. The zero-order valence-corrected chi connectivity index (χ0v) is 13.5. The minimum atomic E-state index is -0.184. The van der Waals surface area contributed by atoms with Gasteiger partial charge in [-0.3, -0.25) is 4.90 Å². The molecular weight excluding hydrogens is 264 g/mol. The number of hydrogen-bond donors (Lipinski definition) is 3. The molecule has 0 spiro atoms. The number of urea groups is 1. The van der Waals surface area contributed by atoms with Crippen molar-refractivity contribution in [3.8, 4) is 0 Å². The molecule has 5 heteroatoms. The Morgan fingerprint density at radius 2 is 1.90 bits per heavy atom. The van der Waals surface area contributed by atoms with Gasteiger partial charge in [0.1, 0.15) is 0 Å². The van der Waals surface area contributed by atoms with Crippen molar-refractivity contribution >= 4 is 11.7 Å². The van der Waals surface area contributed by atoms with Gasteiger partial charge in [-0.15, -0.1) is 0 Å². The molecule has 4 N–H and O–H groups in total. The average molecular weight is 292 g/mol. The summed E-state index contributed by atoms with van der Waals surface area (Å²) in [5.74, 6) is 0. The maximum Gasteiger partial charge on any atom is 0.319 e. The molecule has 5 nitrogen and oxygen atoms in total. The first-order chi connectivity index (χ1) is 9.93. The third kappa shape index (κ3) is 6.14. The van der Waals surface area contributed by atoms with Crippen LogP contribution in [0, 0.1) is 0 Å². The summed E-state index contributed by atoms with van der Waals surface area (Å²) in [6, 6.07) is 8.31. The number of benzene rings is 1. The van der Waals surface area contributed by atoms with E-state index in [2.05, 4.69) is 43.2 Å². The van der Waals surface area contributed by atoms with Gasteiger partial charge in [-0.05, 0) is 45.4 Å². The van der Waals surface area contributed by atoms with E-state index >= 15 is 0 Å². The van der Waals surface area contributed by atoms with Gasteiger partial charge in [-0.1, -0.05) is 12.1 Å². The molecule has 0 heterocycles. The van der Waals surface area contributed by atoms with E-state index in [1.54, 1.807) is 0 Å². The van der Waals surface area contributed by atoms with Gasteiger partial charge in [-0.2, -0.15) is 0 Å². The Morgan fingerprint density at radius 3 is 2.48 bits per heavy atom. The first-order valence-corrected chi connectivity index (χ1v) is 7.53. The number of carbonyl (C=O) groups is 1. The molecule has 0 atom stereocenters. The van der Waals surface area contributed by atoms with Crippen molar-refractivity contribution in [1.82, 2.24) is 10.2 Å².